The van der Waals surface area contributed by atoms with E-state index in [1.807, 2.05) is 12.1 Å². The Morgan fingerprint density at radius 1 is 0.938 bits per heavy atom. The van der Waals surface area contributed by atoms with Crippen LogP contribution in [0.1, 0.15) is 0 Å². The molecule has 0 aliphatic rings. The van der Waals surface area contributed by atoms with Crippen LogP contribution in [0, 0.1) is 11.6 Å². The Hall–Kier alpha value is -3.91. The van der Waals surface area contributed by atoms with E-state index >= 15 is 0 Å². The number of hydrogen-bond acceptors (Lipinski definition) is 4. The van der Waals surface area contributed by atoms with Crippen molar-refractivity contribution in [2.75, 3.05) is 5.32 Å². The number of amides is 1. The van der Waals surface area contributed by atoms with Crippen LogP contribution in [0.15, 0.2) is 76.9 Å². The number of aromatic nitrogens is 2. The van der Waals surface area contributed by atoms with Crippen molar-refractivity contribution >= 4 is 44.2 Å². The number of thiazole rings is 1. The van der Waals surface area contributed by atoms with E-state index in [-0.39, 0.29) is 17.9 Å². The number of nitrogens with one attached hydrogen (secondary N) is 1. The molecule has 0 aliphatic carbocycles. The highest BCUT2D eigenvalue weighted by Crippen LogP contribution is 2.26. The van der Waals surface area contributed by atoms with Crippen molar-refractivity contribution in [3.63, 3.8) is 0 Å². The third-order valence-corrected chi connectivity index (χ3v) is 5.90. The fraction of sp³-hybridized carbons (Fsp3) is 0.0417. The molecule has 0 atom stereocenters. The Morgan fingerprint density at radius 3 is 2.25 bits per heavy atom. The first-order valence-corrected chi connectivity index (χ1v) is 10.6. The maximum atomic E-state index is 13.5. The van der Waals surface area contributed by atoms with Gasteiger partial charge in [-0.3, -0.25) is 9.59 Å². The minimum absolute atomic E-state index is 0.0264. The number of hydrogen-bond donors (Lipinski definition) is 1. The predicted molar refractivity (Wildman–Crippen MR) is 122 cm³/mol. The molecule has 3 aromatic carbocycles. The Balaban J connectivity index is 1.46. The number of benzene rings is 3. The van der Waals surface area contributed by atoms with Crippen LogP contribution in [0.25, 0.3) is 33.1 Å². The van der Waals surface area contributed by atoms with Gasteiger partial charge in [-0.1, -0.05) is 24.3 Å². The highest BCUT2D eigenvalue weighted by molar-refractivity contribution is 7.14. The summed E-state index contributed by atoms with van der Waals surface area (Å²) in [6, 6.07) is 17.8. The lowest BCUT2D eigenvalue weighted by Gasteiger charge is -2.14. The van der Waals surface area contributed by atoms with E-state index < -0.39 is 11.6 Å². The van der Waals surface area contributed by atoms with E-state index in [1.54, 1.807) is 46.3 Å². The maximum Gasteiger partial charge on any atom is 0.246 e. The van der Waals surface area contributed by atoms with Crippen LogP contribution in [0.4, 0.5) is 13.9 Å². The van der Waals surface area contributed by atoms with Crippen molar-refractivity contribution in [3.05, 3.63) is 94.0 Å². The molecule has 8 heteroatoms. The normalized spacial score (nSPS) is 11.2. The summed E-state index contributed by atoms with van der Waals surface area (Å²) in [5.41, 5.74) is 2.09. The Labute approximate surface area is 184 Å². The Kier molecular flexibility index (Phi) is 4.99. The lowest BCUT2D eigenvalue weighted by molar-refractivity contribution is -0.116. The van der Waals surface area contributed by atoms with E-state index in [0.29, 0.717) is 38.2 Å². The maximum absolute atomic E-state index is 13.5. The van der Waals surface area contributed by atoms with Gasteiger partial charge in [0.25, 0.3) is 0 Å². The number of para-hydroxylation sites is 2. The van der Waals surface area contributed by atoms with Crippen molar-refractivity contribution in [2.45, 2.75) is 6.54 Å². The third kappa shape index (κ3) is 3.54. The molecule has 2 heterocycles. The molecule has 0 bridgehead atoms. The highest BCUT2D eigenvalue weighted by Gasteiger charge is 2.14. The smallest absolute Gasteiger partial charge is 0.246 e. The molecule has 2 aromatic heterocycles. The fourth-order valence-electron chi connectivity index (χ4n) is 3.67. The van der Waals surface area contributed by atoms with Crippen LogP contribution in [0.2, 0.25) is 0 Å². The molecule has 0 fully saturated rings. The highest BCUT2D eigenvalue weighted by atomic mass is 32.1. The average Bonchev–Trinajstić information content (AvgIpc) is 3.27. The van der Waals surface area contributed by atoms with Gasteiger partial charge in [-0.25, -0.2) is 13.8 Å². The molecule has 0 radical (unpaired) electrons. The number of nitrogens with zero attached hydrogens (tertiary/aromatic N) is 2. The largest absolute Gasteiger partial charge is 0.331 e. The summed E-state index contributed by atoms with van der Waals surface area (Å²) in [5, 5.41) is 5.82. The van der Waals surface area contributed by atoms with Gasteiger partial charge in [-0.15, -0.1) is 11.3 Å². The fourth-order valence-corrected chi connectivity index (χ4v) is 4.40. The molecule has 0 unspecified atom stereocenters. The molecule has 5 rings (SSSR count). The standard InChI is InChI=1S/C24H15F2N3O2S/c25-17-10-9-14(11-18(17)26)19-13-32-24(27-19)28-22(30)12-29-20-7-3-1-5-15(20)23(31)16-6-2-4-8-21(16)29/h1-11,13H,12H2,(H,27,28,30). The first-order valence-electron chi connectivity index (χ1n) is 9.72. The predicted octanol–water partition coefficient (Wildman–Crippen LogP) is 5.20. The molecule has 0 saturated carbocycles. The lowest BCUT2D eigenvalue weighted by atomic mass is 10.1. The van der Waals surface area contributed by atoms with Gasteiger partial charge >= 0.3 is 0 Å². The minimum atomic E-state index is -0.960. The second kappa shape index (κ2) is 7.97. The zero-order chi connectivity index (χ0) is 22.2. The zero-order valence-corrected chi connectivity index (χ0v) is 17.3. The topological polar surface area (TPSA) is 64.0 Å². The van der Waals surface area contributed by atoms with Crippen LogP contribution >= 0.6 is 11.3 Å². The molecule has 5 nitrogen and oxygen atoms in total. The molecular formula is C24H15F2N3O2S. The van der Waals surface area contributed by atoms with Gasteiger partial charge in [0, 0.05) is 21.7 Å². The number of halogens is 2. The van der Waals surface area contributed by atoms with Crippen LogP contribution in [-0.4, -0.2) is 15.5 Å². The molecule has 158 valence electrons. The Morgan fingerprint density at radius 2 is 1.59 bits per heavy atom. The molecule has 0 saturated heterocycles. The van der Waals surface area contributed by atoms with E-state index in [9.17, 15) is 18.4 Å². The summed E-state index contributed by atoms with van der Waals surface area (Å²) < 4.78 is 28.5. The number of pyridine rings is 1. The van der Waals surface area contributed by atoms with E-state index in [4.69, 9.17) is 0 Å². The average molecular weight is 447 g/mol. The number of rotatable bonds is 4. The summed E-state index contributed by atoms with van der Waals surface area (Å²) in [6.07, 6.45) is 0. The molecular weight excluding hydrogens is 432 g/mol. The van der Waals surface area contributed by atoms with Gasteiger partial charge < -0.3 is 9.88 Å². The summed E-state index contributed by atoms with van der Waals surface area (Å²) in [4.78, 5) is 30.0. The number of fused-ring (bicyclic) bond motifs is 2. The first kappa shape index (κ1) is 20.0. The third-order valence-electron chi connectivity index (χ3n) is 5.15. The van der Waals surface area contributed by atoms with Gasteiger partial charge in [-0.05, 0) is 42.5 Å². The van der Waals surface area contributed by atoms with Gasteiger partial charge in [0.2, 0.25) is 5.91 Å². The molecule has 1 amide bonds. The summed E-state index contributed by atoms with van der Waals surface area (Å²) >= 11 is 1.18. The summed E-state index contributed by atoms with van der Waals surface area (Å²) in [7, 11) is 0. The molecule has 5 aromatic rings. The monoisotopic (exact) mass is 447 g/mol. The number of carbonyl (C=O) groups is 1. The van der Waals surface area contributed by atoms with Gasteiger partial charge in [-0.2, -0.15) is 0 Å². The zero-order valence-electron chi connectivity index (χ0n) is 16.5. The molecule has 32 heavy (non-hydrogen) atoms. The number of anilines is 1. The number of carbonyl (C=O) groups excluding carboxylic acids is 1. The SMILES string of the molecule is O=C(Cn1c2ccccc2c(=O)c2ccccc21)Nc1nc(-c2ccc(F)c(F)c2)cs1. The van der Waals surface area contributed by atoms with Gasteiger partial charge in [0.1, 0.15) is 6.54 Å². The second-order valence-electron chi connectivity index (χ2n) is 7.16. The quantitative estimate of drug-likeness (QED) is 0.386. The molecule has 0 spiro atoms. The van der Waals surface area contributed by atoms with Crippen molar-refractivity contribution in [1.29, 1.82) is 0 Å². The van der Waals surface area contributed by atoms with Crippen molar-refractivity contribution < 1.29 is 13.6 Å². The first-order chi connectivity index (χ1) is 15.5. The molecule has 0 aliphatic heterocycles. The van der Waals surface area contributed by atoms with Gasteiger partial charge in [0.15, 0.2) is 22.2 Å². The molecule has 1 N–H and O–H groups in total. The van der Waals surface area contributed by atoms with E-state index in [2.05, 4.69) is 10.3 Å². The lowest BCUT2D eigenvalue weighted by Crippen LogP contribution is -2.21. The van der Waals surface area contributed by atoms with Crippen LogP contribution in [0.3, 0.4) is 0 Å². The Bertz CT molecular complexity index is 1500. The summed E-state index contributed by atoms with van der Waals surface area (Å²) in [5.74, 6) is -2.22. The van der Waals surface area contributed by atoms with Crippen LogP contribution in [-0.2, 0) is 11.3 Å². The minimum Gasteiger partial charge on any atom is -0.331 e. The van der Waals surface area contributed by atoms with Crippen LogP contribution in [0.5, 0.6) is 0 Å². The van der Waals surface area contributed by atoms with E-state index in [1.165, 1.54) is 17.4 Å². The summed E-state index contributed by atoms with van der Waals surface area (Å²) in [6.45, 7) is -0.0264. The van der Waals surface area contributed by atoms with Crippen LogP contribution < -0.4 is 10.7 Å². The van der Waals surface area contributed by atoms with E-state index in [0.717, 1.165) is 12.1 Å². The van der Waals surface area contributed by atoms with Crippen molar-refractivity contribution in [2.24, 2.45) is 0 Å². The van der Waals surface area contributed by atoms with Crippen molar-refractivity contribution in [3.8, 4) is 11.3 Å². The van der Waals surface area contributed by atoms with Gasteiger partial charge in [0.05, 0.1) is 16.7 Å². The van der Waals surface area contributed by atoms with Crippen molar-refractivity contribution in [1.82, 2.24) is 9.55 Å². The second-order valence-corrected chi connectivity index (χ2v) is 8.02.